The predicted octanol–water partition coefficient (Wildman–Crippen LogP) is 1.91. The number of anilines is 1. The molecule has 2 aromatic carbocycles. The summed E-state index contributed by atoms with van der Waals surface area (Å²) in [6.07, 6.45) is 0. The fourth-order valence-electron chi connectivity index (χ4n) is 2.36. The average molecular weight is 303 g/mol. The van der Waals surface area contributed by atoms with Crippen molar-refractivity contribution >= 4 is 16.7 Å². The molecular formula is C16H13N7. The van der Waals surface area contributed by atoms with Crippen LogP contribution in [0, 0.1) is 0 Å². The van der Waals surface area contributed by atoms with Crippen molar-refractivity contribution in [2.45, 2.75) is 6.54 Å². The van der Waals surface area contributed by atoms with Gasteiger partial charge >= 0.3 is 0 Å². The van der Waals surface area contributed by atoms with Crippen LogP contribution in [0.1, 0.15) is 5.82 Å². The van der Waals surface area contributed by atoms with E-state index in [1.54, 1.807) is 0 Å². The maximum absolute atomic E-state index is 5.99. The topological polar surface area (TPSA) is 95.4 Å². The Labute approximate surface area is 131 Å². The molecule has 0 saturated heterocycles. The quantitative estimate of drug-likeness (QED) is 0.621. The summed E-state index contributed by atoms with van der Waals surface area (Å²) in [6, 6.07) is 17.3. The number of hydrogen-bond donors (Lipinski definition) is 1. The van der Waals surface area contributed by atoms with Crippen LogP contribution in [0.3, 0.4) is 0 Å². The van der Waals surface area contributed by atoms with Gasteiger partial charge in [-0.25, -0.2) is 9.97 Å². The van der Waals surface area contributed by atoms with Crippen LogP contribution in [0.15, 0.2) is 54.6 Å². The number of aromatic nitrogens is 6. The second-order valence-electron chi connectivity index (χ2n) is 5.05. The fourth-order valence-corrected chi connectivity index (χ4v) is 2.36. The Kier molecular flexibility index (Phi) is 3.16. The molecule has 2 N–H and O–H groups in total. The van der Waals surface area contributed by atoms with E-state index in [-0.39, 0.29) is 0 Å². The van der Waals surface area contributed by atoms with Gasteiger partial charge in [0.2, 0.25) is 5.82 Å². The van der Waals surface area contributed by atoms with E-state index in [9.17, 15) is 0 Å². The first kappa shape index (κ1) is 13.3. The Bertz CT molecular complexity index is 963. The third-order valence-electron chi connectivity index (χ3n) is 3.45. The minimum atomic E-state index is 0.314. The van der Waals surface area contributed by atoms with E-state index >= 15 is 0 Å². The highest BCUT2D eigenvalue weighted by atomic mass is 15.6. The van der Waals surface area contributed by atoms with E-state index in [4.69, 9.17) is 5.73 Å². The number of nitrogen functional groups attached to an aromatic ring is 1. The number of tetrazole rings is 1. The van der Waals surface area contributed by atoms with Crippen molar-refractivity contribution in [3.63, 3.8) is 0 Å². The summed E-state index contributed by atoms with van der Waals surface area (Å²) in [4.78, 5) is 10.3. The number of nitrogens with two attached hydrogens (primary N) is 1. The highest BCUT2D eigenvalue weighted by Crippen LogP contribution is 2.17. The van der Waals surface area contributed by atoms with E-state index in [2.05, 4.69) is 25.4 Å². The van der Waals surface area contributed by atoms with Crippen molar-refractivity contribution in [2.75, 3.05) is 5.73 Å². The summed E-state index contributed by atoms with van der Waals surface area (Å²) >= 11 is 0. The van der Waals surface area contributed by atoms with Crippen LogP contribution in [0.25, 0.3) is 22.3 Å². The van der Waals surface area contributed by atoms with Crippen LogP contribution in [0.2, 0.25) is 0 Å². The molecule has 23 heavy (non-hydrogen) atoms. The number of rotatable bonds is 3. The van der Waals surface area contributed by atoms with Gasteiger partial charge in [-0.15, -0.1) is 10.2 Å². The number of fused-ring (bicyclic) bond motifs is 1. The van der Waals surface area contributed by atoms with Crippen molar-refractivity contribution in [2.24, 2.45) is 0 Å². The molecule has 7 nitrogen and oxygen atoms in total. The van der Waals surface area contributed by atoms with Gasteiger partial charge in [0.1, 0.15) is 12.4 Å². The molecule has 0 fully saturated rings. The monoisotopic (exact) mass is 303 g/mol. The molecule has 0 spiro atoms. The lowest BCUT2D eigenvalue weighted by atomic mass is 10.2. The SMILES string of the molecule is Nc1nc(Cn2nnc(-c3ccccc3)n2)nc2ccccc12. The fraction of sp³-hybridized carbons (Fsp3) is 0.0625. The highest BCUT2D eigenvalue weighted by molar-refractivity contribution is 5.87. The second kappa shape index (κ2) is 5.45. The molecule has 0 bridgehead atoms. The van der Waals surface area contributed by atoms with Gasteiger partial charge in [0.15, 0.2) is 5.82 Å². The Morgan fingerprint density at radius 1 is 0.913 bits per heavy atom. The largest absolute Gasteiger partial charge is 0.383 e. The molecule has 0 unspecified atom stereocenters. The van der Waals surface area contributed by atoms with E-state index in [1.807, 2.05) is 54.6 Å². The Morgan fingerprint density at radius 3 is 2.57 bits per heavy atom. The Morgan fingerprint density at radius 2 is 1.70 bits per heavy atom. The van der Waals surface area contributed by atoms with Gasteiger partial charge in [0, 0.05) is 10.9 Å². The van der Waals surface area contributed by atoms with Gasteiger partial charge in [-0.1, -0.05) is 42.5 Å². The molecule has 0 saturated carbocycles. The van der Waals surface area contributed by atoms with Gasteiger partial charge in [0.25, 0.3) is 0 Å². The first-order valence-corrected chi connectivity index (χ1v) is 7.14. The smallest absolute Gasteiger partial charge is 0.204 e. The molecule has 0 amide bonds. The molecule has 4 aromatic rings. The van der Waals surface area contributed by atoms with E-state index in [0.29, 0.717) is 24.0 Å². The third kappa shape index (κ3) is 2.59. The van der Waals surface area contributed by atoms with Gasteiger partial charge in [-0.2, -0.15) is 4.80 Å². The van der Waals surface area contributed by atoms with Gasteiger partial charge in [-0.05, 0) is 17.3 Å². The maximum Gasteiger partial charge on any atom is 0.204 e. The first-order chi connectivity index (χ1) is 11.3. The molecule has 2 heterocycles. The molecule has 2 aromatic heterocycles. The third-order valence-corrected chi connectivity index (χ3v) is 3.45. The average Bonchev–Trinajstić information content (AvgIpc) is 3.04. The van der Waals surface area contributed by atoms with Crippen LogP contribution in [0.5, 0.6) is 0 Å². The zero-order chi connectivity index (χ0) is 15.6. The minimum absolute atomic E-state index is 0.314. The molecular weight excluding hydrogens is 290 g/mol. The predicted molar refractivity (Wildman–Crippen MR) is 86.3 cm³/mol. The Balaban J connectivity index is 1.65. The summed E-state index contributed by atoms with van der Waals surface area (Å²) in [5, 5.41) is 13.3. The van der Waals surface area contributed by atoms with Gasteiger partial charge < -0.3 is 5.73 Å². The van der Waals surface area contributed by atoms with E-state index < -0.39 is 0 Å². The van der Waals surface area contributed by atoms with Crippen LogP contribution in [-0.2, 0) is 6.54 Å². The molecule has 0 radical (unpaired) electrons. The van der Waals surface area contributed by atoms with E-state index in [1.165, 1.54) is 4.80 Å². The van der Waals surface area contributed by atoms with Crippen LogP contribution in [0.4, 0.5) is 5.82 Å². The van der Waals surface area contributed by atoms with Crippen LogP contribution in [-0.4, -0.2) is 30.2 Å². The highest BCUT2D eigenvalue weighted by Gasteiger charge is 2.09. The normalized spacial score (nSPS) is 11.0. The summed E-state index contributed by atoms with van der Waals surface area (Å²) in [5.41, 5.74) is 7.71. The lowest BCUT2D eigenvalue weighted by molar-refractivity contribution is 0.556. The van der Waals surface area contributed by atoms with E-state index in [0.717, 1.165) is 16.5 Å². The summed E-state index contributed by atoms with van der Waals surface area (Å²) in [6.45, 7) is 0.314. The number of benzene rings is 2. The van der Waals surface area contributed by atoms with Crippen molar-refractivity contribution < 1.29 is 0 Å². The molecule has 0 aliphatic rings. The second-order valence-corrected chi connectivity index (χ2v) is 5.05. The Hall–Kier alpha value is -3.35. The number of para-hydroxylation sites is 1. The summed E-state index contributed by atoms with van der Waals surface area (Å²) in [7, 11) is 0. The molecule has 0 aliphatic carbocycles. The van der Waals surface area contributed by atoms with Gasteiger partial charge in [0.05, 0.1) is 5.52 Å². The minimum Gasteiger partial charge on any atom is -0.383 e. The lowest BCUT2D eigenvalue weighted by Crippen LogP contribution is -2.09. The molecule has 7 heteroatoms. The zero-order valence-electron chi connectivity index (χ0n) is 12.2. The molecule has 112 valence electrons. The number of nitrogens with zero attached hydrogens (tertiary/aromatic N) is 6. The summed E-state index contributed by atoms with van der Waals surface area (Å²) < 4.78 is 0. The van der Waals surface area contributed by atoms with Crippen molar-refractivity contribution in [1.82, 2.24) is 30.2 Å². The van der Waals surface area contributed by atoms with Crippen molar-refractivity contribution in [3.05, 3.63) is 60.4 Å². The number of hydrogen-bond acceptors (Lipinski definition) is 6. The first-order valence-electron chi connectivity index (χ1n) is 7.14. The van der Waals surface area contributed by atoms with Crippen LogP contribution < -0.4 is 5.73 Å². The zero-order valence-corrected chi connectivity index (χ0v) is 12.2. The maximum atomic E-state index is 5.99. The van der Waals surface area contributed by atoms with Crippen molar-refractivity contribution in [3.8, 4) is 11.4 Å². The lowest BCUT2D eigenvalue weighted by Gasteiger charge is -2.04. The van der Waals surface area contributed by atoms with Crippen LogP contribution >= 0.6 is 0 Å². The molecule has 0 atom stereocenters. The standard InChI is InChI=1S/C16H13N7/c17-15-12-8-4-5-9-13(12)18-14(19-15)10-23-21-16(20-22-23)11-6-2-1-3-7-11/h1-9H,10H2,(H2,17,18,19). The van der Waals surface area contributed by atoms with Crippen molar-refractivity contribution in [1.29, 1.82) is 0 Å². The van der Waals surface area contributed by atoms with Gasteiger partial charge in [-0.3, -0.25) is 0 Å². The molecule has 0 aliphatic heterocycles. The summed E-state index contributed by atoms with van der Waals surface area (Å²) in [5.74, 6) is 1.58. The molecule has 4 rings (SSSR count).